The Balaban J connectivity index is 1.47. The topological polar surface area (TPSA) is 138 Å². The maximum Gasteiger partial charge on any atom is 0.251 e. The van der Waals surface area contributed by atoms with Gasteiger partial charge in [-0.25, -0.2) is 4.98 Å². The molecule has 2 aromatic heterocycles. The quantitative estimate of drug-likeness (QED) is 0.233. The number of imidazole rings is 1. The summed E-state index contributed by atoms with van der Waals surface area (Å²) >= 11 is 6.58. The van der Waals surface area contributed by atoms with Crippen LogP contribution in [0.5, 0.6) is 0 Å². The Morgan fingerprint density at radius 3 is 2.54 bits per heavy atom. The molecule has 1 amide bonds. The molecule has 5 aromatic rings. The van der Waals surface area contributed by atoms with Crippen molar-refractivity contribution >= 4 is 34.2 Å². The molecule has 1 atom stereocenters. The summed E-state index contributed by atoms with van der Waals surface area (Å²) in [7, 11) is 0. The van der Waals surface area contributed by atoms with E-state index in [-0.39, 0.29) is 5.91 Å². The summed E-state index contributed by atoms with van der Waals surface area (Å²) in [6.07, 6.45) is 0.535. The van der Waals surface area contributed by atoms with Gasteiger partial charge in [0.1, 0.15) is 16.7 Å². The molecule has 0 aliphatic rings. The third-order valence-electron chi connectivity index (χ3n) is 5.91. The largest absolute Gasteiger partial charge is 0.382 e. The number of hydrogen-bond donors (Lipinski definition) is 5. The Morgan fingerprint density at radius 2 is 1.80 bits per heavy atom. The van der Waals surface area contributed by atoms with Gasteiger partial charge >= 0.3 is 0 Å². The normalized spacial score (nSPS) is 12.1. The Labute approximate surface area is 206 Å². The van der Waals surface area contributed by atoms with E-state index in [9.17, 15) is 4.79 Å². The van der Waals surface area contributed by atoms with Crippen LogP contribution in [-0.4, -0.2) is 26.1 Å². The number of benzene rings is 3. The van der Waals surface area contributed by atoms with E-state index in [0.717, 1.165) is 27.6 Å². The van der Waals surface area contributed by atoms with Gasteiger partial charge in [0.15, 0.2) is 5.82 Å². The molecular formula is C26H24ClN7O. The molecule has 5 rings (SSSR count). The third kappa shape index (κ3) is 4.75. The van der Waals surface area contributed by atoms with Crippen LogP contribution >= 0.6 is 11.6 Å². The van der Waals surface area contributed by atoms with Crippen molar-refractivity contribution in [3.05, 3.63) is 100 Å². The molecule has 35 heavy (non-hydrogen) atoms. The SMILES string of the molecule is NCc1ccc(C(=O)NC(Cc2ccccc2)c2nc(-c3ccc4c(N)n[nH]c4c3)c(Cl)[nH]2)cc1. The van der Waals surface area contributed by atoms with Gasteiger partial charge in [0.05, 0.1) is 11.6 Å². The minimum absolute atomic E-state index is 0.210. The van der Waals surface area contributed by atoms with Gasteiger partial charge in [-0.15, -0.1) is 0 Å². The molecular weight excluding hydrogens is 462 g/mol. The Morgan fingerprint density at radius 1 is 1.03 bits per heavy atom. The lowest BCUT2D eigenvalue weighted by molar-refractivity contribution is 0.0935. The predicted molar refractivity (Wildman–Crippen MR) is 138 cm³/mol. The molecule has 0 bridgehead atoms. The average molecular weight is 486 g/mol. The van der Waals surface area contributed by atoms with Crippen LogP contribution < -0.4 is 16.8 Å². The van der Waals surface area contributed by atoms with Crippen LogP contribution in [0.3, 0.4) is 0 Å². The maximum absolute atomic E-state index is 13.1. The number of H-pyrrole nitrogens is 2. The van der Waals surface area contributed by atoms with Crippen molar-refractivity contribution in [2.45, 2.75) is 19.0 Å². The molecule has 9 heteroatoms. The molecule has 0 fully saturated rings. The summed E-state index contributed by atoms with van der Waals surface area (Å²) in [6.45, 7) is 0.420. The molecule has 0 radical (unpaired) electrons. The Kier molecular flexibility index (Phi) is 6.22. The maximum atomic E-state index is 13.1. The third-order valence-corrected chi connectivity index (χ3v) is 6.19. The minimum Gasteiger partial charge on any atom is -0.382 e. The molecule has 0 saturated heterocycles. The molecule has 1 unspecified atom stereocenters. The number of halogens is 1. The lowest BCUT2D eigenvalue weighted by Crippen LogP contribution is -2.30. The van der Waals surface area contributed by atoms with Crippen molar-refractivity contribution in [1.82, 2.24) is 25.5 Å². The number of rotatable bonds is 7. The molecule has 0 aliphatic carbocycles. The standard InChI is InChI=1S/C26H24ClN7O/c27-23-22(18-10-11-19-20(13-18)33-34-24(19)29)31-25(32-23)21(12-15-4-2-1-3-5-15)30-26(35)17-8-6-16(14-28)7-9-17/h1-11,13,21H,12,14,28H2,(H,30,35)(H,31,32)(H3,29,33,34). The van der Waals surface area contributed by atoms with Crippen LogP contribution in [0.1, 0.15) is 33.4 Å². The lowest BCUT2D eigenvalue weighted by atomic mass is 10.0. The second-order valence-corrected chi connectivity index (χ2v) is 8.65. The van der Waals surface area contributed by atoms with Gasteiger partial charge in [0.25, 0.3) is 5.91 Å². The summed E-state index contributed by atoms with van der Waals surface area (Å²) in [5, 5.41) is 11.3. The molecule has 0 spiro atoms. The number of carbonyl (C=O) groups excluding carboxylic acids is 1. The minimum atomic E-state index is -0.433. The van der Waals surface area contributed by atoms with E-state index in [2.05, 4.69) is 20.5 Å². The Hall–Kier alpha value is -4.14. The van der Waals surface area contributed by atoms with Gasteiger partial charge in [-0.05, 0) is 41.8 Å². The highest BCUT2D eigenvalue weighted by Gasteiger charge is 2.22. The number of nitrogens with one attached hydrogen (secondary N) is 3. The monoisotopic (exact) mass is 485 g/mol. The van der Waals surface area contributed by atoms with Crippen molar-refractivity contribution < 1.29 is 4.79 Å². The lowest BCUT2D eigenvalue weighted by Gasteiger charge is -2.17. The summed E-state index contributed by atoms with van der Waals surface area (Å²) in [4.78, 5) is 21.0. The zero-order chi connectivity index (χ0) is 24.4. The van der Waals surface area contributed by atoms with Crippen LogP contribution in [0.15, 0.2) is 72.8 Å². The summed E-state index contributed by atoms with van der Waals surface area (Å²) in [5.74, 6) is 0.786. The van der Waals surface area contributed by atoms with Crippen molar-refractivity contribution in [3.63, 3.8) is 0 Å². The van der Waals surface area contributed by atoms with Gasteiger partial charge < -0.3 is 21.8 Å². The highest BCUT2D eigenvalue weighted by atomic mass is 35.5. The molecule has 2 heterocycles. The fraction of sp³-hybridized carbons (Fsp3) is 0.115. The van der Waals surface area contributed by atoms with Crippen molar-refractivity contribution in [1.29, 1.82) is 0 Å². The van der Waals surface area contributed by atoms with E-state index in [1.165, 1.54) is 0 Å². The summed E-state index contributed by atoms with van der Waals surface area (Å²) in [6, 6.07) is 22.4. The first-order valence-electron chi connectivity index (χ1n) is 11.1. The number of anilines is 1. The first-order chi connectivity index (χ1) is 17.0. The van der Waals surface area contributed by atoms with Crippen molar-refractivity contribution in [2.24, 2.45) is 5.73 Å². The number of nitrogens with zero attached hydrogens (tertiary/aromatic N) is 2. The van der Waals surface area contributed by atoms with E-state index < -0.39 is 6.04 Å². The number of carbonyl (C=O) groups is 1. The molecule has 7 N–H and O–H groups in total. The fourth-order valence-electron chi connectivity index (χ4n) is 4.01. The van der Waals surface area contributed by atoms with Gasteiger partial charge in [-0.2, -0.15) is 5.10 Å². The number of fused-ring (bicyclic) bond motifs is 1. The van der Waals surface area contributed by atoms with E-state index >= 15 is 0 Å². The number of hydrogen-bond acceptors (Lipinski definition) is 5. The number of amides is 1. The van der Waals surface area contributed by atoms with E-state index in [4.69, 9.17) is 28.1 Å². The highest BCUT2D eigenvalue weighted by molar-refractivity contribution is 6.32. The van der Waals surface area contributed by atoms with Crippen LogP contribution in [0.4, 0.5) is 5.82 Å². The highest BCUT2D eigenvalue weighted by Crippen LogP contribution is 2.31. The average Bonchev–Trinajstić information content (AvgIpc) is 3.46. The molecule has 8 nitrogen and oxygen atoms in total. The van der Waals surface area contributed by atoms with Crippen LogP contribution in [0.25, 0.3) is 22.2 Å². The summed E-state index contributed by atoms with van der Waals surface area (Å²) in [5.41, 5.74) is 16.3. The van der Waals surface area contributed by atoms with Crippen molar-refractivity contribution in [3.8, 4) is 11.3 Å². The van der Waals surface area contributed by atoms with Gasteiger partial charge in [0, 0.05) is 23.1 Å². The van der Waals surface area contributed by atoms with Crippen molar-refractivity contribution in [2.75, 3.05) is 5.73 Å². The number of nitrogens with two attached hydrogens (primary N) is 2. The zero-order valence-corrected chi connectivity index (χ0v) is 19.5. The van der Waals surface area contributed by atoms with Crippen LogP contribution in [-0.2, 0) is 13.0 Å². The Bertz CT molecular complexity index is 1480. The van der Waals surface area contributed by atoms with Gasteiger partial charge in [-0.3, -0.25) is 9.89 Å². The predicted octanol–water partition coefficient (Wildman–Crippen LogP) is 4.36. The van der Waals surface area contributed by atoms with Crippen LogP contribution in [0.2, 0.25) is 5.15 Å². The van der Waals surface area contributed by atoms with Gasteiger partial charge in [-0.1, -0.05) is 60.1 Å². The fourth-order valence-corrected chi connectivity index (χ4v) is 4.26. The second kappa shape index (κ2) is 9.61. The van der Waals surface area contributed by atoms with Gasteiger partial charge in [0.2, 0.25) is 0 Å². The number of aromatic amines is 2. The number of nitrogen functional groups attached to an aromatic ring is 1. The van der Waals surface area contributed by atoms with E-state index in [1.54, 1.807) is 12.1 Å². The second-order valence-electron chi connectivity index (χ2n) is 8.27. The molecule has 176 valence electrons. The number of aromatic nitrogens is 4. The van der Waals surface area contributed by atoms with E-state index in [1.807, 2.05) is 60.7 Å². The van der Waals surface area contributed by atoms with E-state index in [0.29, 0.717) is 41.0 Å². The molecule has 3 aromatic carbocycles. The molecule has 0 saturated carbocycles. The van der Waals surface area contributed by atoms with Crippen LogP contribution in [0, 0.1) is 0 Å². The molecule has 0 aliphatic heterocycles. The summed E-state index contributed by atoms with van der Waals surface area (Å²) < 4.78 is 0. The zero-order valence-electron chi connectivity index (χ0n) is 18.8. The smallest absolute Gasteiger partial charge is 0.251 e. The first kappa shape index (κ1) is 22.6. The first-order valence-corrected chi connectivity index (χ1v) is 11.5.